The van der Waals surface area contributed by atoms with Crippen molar-refractivity contribution in [1.82, 2.24) is 0 Å². The summed E-state index contributed by atoms with van der Waals surface area (Å²) >= 11 is 7.52. The average molecular weight is 461 g/mol. The maximum atomic E-state index is 11.8. The second-order valence-corrected chi connectivity index (χ2v) is 8.44. The number of amidine groups is 1. The number of ether oxygens (including phenoxy) is 3. The molecule has 1 amide bonds. The average Bonchev–Trinajstić information content (AvgIpc) is 3.08. The highest BCUT2D eigenvalue weighted by Gasteiger charge is 2.20. The van der Waals surface area contributed by atoms with Crippen LogP contribution in [0.4, 0.5) is 0 Å². The highest BCUT2D eigenvalue weighted by Crippen LogP contribution is 2.38. The minimum Gasteiger partial charge on any atom is -0.493 e. The number of benzene rings is 2. The molecule has 164 valence electrons. The molecule has 31 heavy (non-hydrogen) atoms. The van der Waals surface area contributed by atoms with Gasteiger partial charge in [0, 0.05) is 0 Å². The van der Waals surface area contributed by atoms with Gasteiger partial charge in [0.15, 0.2) is 16.7 Å². The van der Waals surface area contributed by atoms with Gasteiger partial charge in [0.2, 0.25) is 0 Å². The van der Waals surface area contributed by atoms with Crippen molar-refractivity contribution in [3.63, 3.8) is 0 Å². The van der Waals surface area contributed by atoms with Crippen LogP contribution in [0.25, 0.3) is 6.08 Å². The van der Waals surface area contributed by atoms with Crippen LogP contribution in [0.2, 0.25) is 5.02 Å². The van der Waals surface area contributed by atoms with Gasteiger partial charge in [0.1, 0.15) is 19.0 Å². The van der Waals surface area contributed by atoms with Crippen molar-refractivity contribution < 1.29 is 19.0 Å². The van der Waals surface area contributed by atoms with Crippen LogP contribution in [0.15, 0.2) is 46.3 Å². The van der Waals surface area contributed by atoms with E-state index < -0.39 is 0 Å². The number of nitrogens with two attached hydrogens (primary N) is 1. The molecule has 0 fully saturated rings. The molecule has 2 N–H and O–H groups in total. The quantitative estimate of drug-likeness (QED) is 0.406. The lowest BCUT2D eigenvalue weighted by molar-refractivity contribution is -0.113. The van der Waals surface area contributed by atoms with Gasteiger partial charge < -0.3 is 19.9 Å². The van der Waals surface area contributed by atoms with Crippen LogP contribution in [0.5, 0.6) is 17.2 Å². The molecule has 3 rings (SSSR count). The van der Waals surface area contributed by atoms with Crippen molar-refractivity contribution in [2.24, 2.45) is 10.7 Å². The van der Waals surface area contributed by atoms with E-state index in [0.717, 1.165) is 23.9 Å². The van der Waals surface area contributed by atoms with Crippen molar-refractivity contribution in [1.29, 1.82) is 0 Å². The highest BCUT2D eigenvalue weighted by atomic mass is 35.5. The minimum absolute atomic E-state index is 0.226. The second-order valence-electron chi connectivity index (χ2n) is 6.98. The first-order valence-electron chi connectivity index (χ1n) is 9.92. The van der Waals surface area contributed by atoms with Crippen LogP contribution < -0.4 is 19.9 Å². The molecule has 0 aliphatic carbocycles. The third-order valence-electron chi connectivity index (χ3n) is 4.85. The first kappa shape index (κ1) is 23.0. The van der Waals surface area contributed by atoms with Crippen LogP contribution in [0.1, 0.15) is 37.3 Å². The van der Waals surface area contributed by atoms with E-state index in [1.807, 2.05) is 12.1 Å². The molecule has 0 radical (unpaired) electrons. The van der Waals surface area contributed by atoms with Crippen LogP contribution in [0, 0.1) is 0 Å². The molecule has 0 spiro atoms. The fourth-order valence-corrected chi connectivity index (χ4v) is 3.93. The van der Waals surface area contributed by atoms with E-state index >= 15 is 0 Å². The van der Waals surface area contributed by atoms with Gasteiger partial charge in [-0.1, -0.05) is 37.6 Å². The number of thioether (sulfide) groups is 1. The fraction of sp³-hybridized carbons (Fsp3) is 0.304. The molecule has 0 saturated heterocycles. The molecule has 2 aromatic rings. The SMILES string of the molecule is CCC(C)c1ccc(OCCOc2c(Cl)cc(C=C3SC(N)=NC3=O)cc2OC)cc1. The predicted octanol–water partition coefficient (Wildman–Crippen LogP) is 5.25. The molecule has 0 bridgehead atoms. The highest BCUT2D eigenvalue weighted by molar-refractivity contribution is 8.18. The zero-order valence-electron chi connectivity index (χ0n) is 17.7. The number of hydrogen-bond acceptors (Lipinski definition) is 6. The van der Waals surface area contributed by atoms with Crippen molar-refractivity contribution in [3.8, 4) is 17.2 Å². The van der Waals surface area contributed by atoms with Crippen molar-refractivity contribution in [3.05, 3.63) is 57.5 Å². The Labute approximate surface area is 191 Å². The monoisotopic (exact) mass is 460 g/mol. The summed E-state index contributed by atoms with van der Waals surface area (Å²) in [5.74, 6) is 1.83. The number of aliphatic imine (C=N–C) groups is 1. The third kappa shape index (κ3) is 5.95. The maximum Gasteiger partial charge on any atom is 0.286 e. The molecule has 1 heterocycles. The number of rotatable bonds is 9. The van der Waals surface area contributed by atoms with E-state index in [4.69, 9.17) is 31.5 Å². The minimum atomic E-state index is -0.368. The van der Waals surface area contributed by atoms with Gasteiger partial charge in [0.05, 0.1) is 17.0 Å². The van der Waals surface area contributed by atoms with Crippen molar-refractivity contribution in [2.45, 2.75) is 26.2 Å². The predicted molar refractivity (Wildman–Crippen MR) is 126 cm³/mol. The molecule has 2 aromatic carbocycles. The number of nitrogens with zero attached hydrogens (tertiary/aromatic N) is 1. The van der Waals surface area contributed by atoms with Crippen LogP contribution >= 0.6 is 23.4 Å². The van der Waals surface area contributed by atoms with Crippen LogP contribution in [-0.4, -0.2) is 31.4 Å². The van der Waals surface area contributed by atoms with Crippen LogP contribution in [-0.2, 0) is 4.79 Å². The van der Waals surface area contributed by atoms with E-state index in [9.17, 15) is 4.79 Å². The van der Waals surface area contributed by atoms with Crippen molar-refractivity contribution in [2.75, 3.05) is 20.3 Å². The number of hydrogen-bond donors (Lipinski definition) is 1. The van der Waals surface area contributed by atoms with Gasteiger partial charge in [-0.2, -0.15) is 4.99 Å². The van der Waals surface area contributed by atoms with Gasteiger partial charge in [-0.25, -0.2) is 0 Å². The van der Waals surface area contributed by atoms with E-state index in [2.05, 4.69) is 31.0 Å². The zero-order chi connectivity index (χ0) is 22.4. The Morgan fingerprint density at radius 3 is 2.52 bits per heavy atom. The molecule has 0 aromatic heterocycles. The van der Waals surface area contributed by atoms with E-state index in [1.165, 1.54) is 12.7 Å². The van der Waals surface area contributed by atoms with E-state index in [0.29, 0.717) is 46.1 Å². The molecular weight excluding hydrogens is 436 g/mol. The summed E-state index contributed by atoms with van der Waals surface area (Å²) in [5.41, 5.74) is 7.57. The summed E-state index contributed by atoms with van der Waals surface area (Å²) in [4.78, 5) is 15.9. The van der Waals surface area contributed by atoms with Gasteiger partial charge in [0.25, 0.3) is 5.91 Å². The van der Waals surface area contributed by atoms with Crippen molar-refractivity contribution >= 4 is 40.5 Å². The topological polar surface area (TPSA) is 83.1 Å². The molecule has 0 saturated carbocycles. The van der Waals surface area contributed by atoms with Gasteiger partial charge in [-0.05, 0) is 65.6 Å². The second kappa shape index (κ2) is 10.6. The standard InChI is InChI=1S/C23H25ClN2O4S/c1-4-14(2)16-5-7-17(8-6-16)29-9-10-30-21-18(24)11-15(12-19(21)28-3)13-20-22(27)26-23(25)31-20/h5-8,11-14H,4,9-10H2,1-3H3,(H2,25,26,27). The fourth-order valence-electron chi connectivity index (χ4n) is 2.97. The van der Waals surface area contributed by atoms with E-state index in [1.54, 1.807) is 18.2 Å². The molecule has 8 heteroatoms. The molecule has 1 unspecified atom stereocenters. The van der Waals surface area contributed by atoms with Gasteiger partial charge in [-0.15, -0.1) is 0 Å². The number of amides is 1. The Hall–Kier alpha value is -2.64. The largest absolute Gasteiger partial charge is 0.493 e. The third-order valence-corrected chi connectivity index (χ3v) is 5.94. The summed E-state index contributed by atoms with van der Waals surface area (Å²) < 4.78 is 17.0. The normalized spacial score (nSPS) is 15.7. The summed E-state index contributed by atoms with van der Waals surface area (Å²) in [7, 11) is 1.53. The Balaban J connectivity index is 1.60. The number of methoxy groups -OCH3 is 1. The number of carbonyl (C=O) groups is 1. The Bertz CT molecular complexity index is 1010. The summed E-state index contributed by atoms with van der Waals surface area (Å²) in [5, 5.41) is 0.595. The first-order chi connectivity index (χ1) is 14.9. The molecule has 1 aliphatic rings. The van der Waals surface area contributed by atoms with Crippen LogP contribution in [0.3, 0.4) is 0 Å². The lowest BCUT2D eigenvalue weighted by Gasteiger charge is -2.14. The number of halogens is 1. The molecule has 1 atom stereocenters. The number of carbonyl (C=O) groups excluding carboxylic acids is 1. The lowest BCUT2D eigenvalue weighted by atomic mass is 9.99. The molecule has 1 aliphatic heterocycles. The molecular formula is C23H25ClN2O4S. The summed E-state index contributed by atoms with van der Waals surface area (Å²) in [6.45, 7) is 5.03. The smallest absolute Gasteiger partial charge is 0.286 e. The first-order valence-corrected chi connectivity index (χ1v) is 11.1. The van der Waals surface area contributed by atoms with Gasteiger partial charge in [-0.3, -0.25) is 4.79 Å². The van der Waals surface area contributed by atoms with Gasteiger partial charge >= 0.3 is 0 Å². The summed E-state index contributed by atoms with van der Waals surface area (Å²) in [6, 6.07) is 11.5. The Morgan fingerprint density at radius 1 is 1.19 bits per heavy atom. The zero-order valence-corrected chi connectivity index (χ0v) is 19.3. The maximum absolute atomic E-state index is 11.8. The Kier molecular flexibility index (Phi) is 7.87. The lowest BCUT2D eigenvalue weighted by Crippen LogP contribution is -2.10. The summed E-state index contributed by atoms with van der Waals surface area (Å²) in [6.07, 6.45) is 2.77. The molecule has 6 nitrogen and oxygen atoms in total. The van der Waals surface area contributed by atoms with E-state index in [-0.39, 0.29) is 11.1 Å². The Morgan fingerprint density at radius 2 is 1.90 bits per heavy atom.